The van der Waals surface area contributed by atoms with E-state index >= 15 is 0 Å². The molecule has 9 nitrogen and oxygen atoms in total. The number of aromatic nitrogens is 1. The van der Waals surface area contributed by atoms with E-state index < -0.39 is 35.5 Å². The molecule has 3 amide bonds. The molecular formula is C27H22F3N5O4. The average molecular weight is 537 g/mol. The van der Waals surface area contributed by atoms with Crippen molar-refractivity contribution in [1.82, 2.24) is 15.2 Å². The quantitative estimate of drug-likeness (QED) is 0.474. The zero-order chi connectivity index (χ0) is 28.5. The van der Waals surface area contributed by atoms with Crippen molar-refractivity contribution in [3.8, 4) is 6.07 Å². The molecule has 1 aromatic heterocycles. The number of urea groups is 1. The summed E-state index contributed by atoms with van der Waals surface area (Å²) in [4.78, 5) is 45.8. The summed E-state index contributed by atoms with van der Waals surface area (Å²) in [6.07, 6.45) is -2.02. The summed E-state index contributed by atoms with van der Waals surface area (Å²) in [5, 5.41) is 12.1. The van der Waals surface area contributed by atoms with Crippen LogP contribution in [-0.2, 0) is 17.5 Å². The molecule has 1 aliphatic rings. The molecule has 1 atom stereocenters. The molecule has 0 bridgehead atoms. The lowest BCUT2D eigenvalue weighted by atomic mass is 9.87. The number of alkyl halides is 3. The van der Waals surface area contributed by atoms with E-state index in [1.54, 1.807) is 0 Å². The first-order chi connectivity index (χ1) is 18.4. The van der Waals surface area contributed by atoms with Gasteiger partial charge in [-0.1, -0.05) is 12.1 Å². The predicted octanol–water partition coefficient (Wildman–Crippen LogP) is 4.97. The van der Waals surface area contributed by atoms with Gasteiger partial charge in [-0.2, -0.15) is 18.4 Å². The van der Waals surface area contributed by atoms with Crippen LogP contribution in [0, 0.1) is 11.3 Å². The number of Topliss-reactive ketones (excluding diaryl/α,β-unsaturated/α-hetero) is 1. The number of nitriles is 1. The summed E-state index contributed by atoms with van der Waals surface area (Å²) < 4.78 is 45.3. The first kappa shape index (κ1) is 27.1. The number of carbonyl (C=O) groups is 3. The van der Waals surface area contributed by atoms with Crippen LogP contribution in [0.15, 0.2) is 70.7 Å². The van der Waals surface area contributed by atoms with Crippen LogP contribution in [-0.4, -0.2) is 34.7 Å². The highest BCUT2D eigenvalue weighted by Crippen LogP contribution is 2.41. The molecule has 0 aliphatic carbocycles. The number of nitrogens with one attached hydrogen (secondary N) is 1. The molecule has 1 aliphatic heterocycles. The van der Waals surface area contributed by atoms with E-state index in [4.69, 9.17) is 4.42 Å². The van der Waals surface area contributed by atoms with E-state index in [0.717, 1.165) is 17.0 Å². The molecule has 0 saturated carbocycles. The van der Waals surface area contributed by atoms with Crippen molar-refractivity contribution in [2.24, 2.45) is 0 Å². The van der Waals surface area contributed by atoms with Gasteiger partial charge in [0.15, 0.2) is 12.2 Å². The Morgan fingerprint density at radius 1 is 1.21 bits per heavy atom. The van der Waals surface area contributed by atoms with Crippen LogP contribution in [0.1, 0.15) is 52.7 Å². The van der Waals surface area contributed by atoms with E-state index in [0.29, 0.717) is 5.76 Å². The van der Waals surface area contributed by atoms with E-state index in [-0.39, 0.29) is 40.2 Å². The van der Waals surface area contributed by atoms with Gasteiger partial charge in [-0.15, -0.1) is 0 Å². The maximum absolute atomic E-state index is 13.6. The van der Waals surface area contributed by atoms with E-state index in [1.807, 2.05) is 6.07 Å². The SMILES string of the molecule is CC(=O)C1=C(C)N(c2cccc(C(F)(F)F)c2)C(=O)N(C)C1c1ccc(C#N)cc1C(=O)NCc1cnco1. The fraction of sp³-hybridized carbons (Fsp3) is 0.222. The van der Waals surface area contributed by atoms with Gasteiger partial charge in [-0.25, -0.2) is 9.78 Å². The minimum atomic E-state index is -4.64. The van der Waals surface area contributed by atoms with Crippen LogP contribution in [0.5, 0.6) is 0 Å². The third-order valence-corrected chi connectivity index (χ3v) is 6.32. The van der Waals surface area contributed by atoms with Gasteiger partial charge in [-0.3, -0.25) is 14.5 Å². The molecule has 2 aromatic carbocycles. The molecule has 39 heavy (non-hydrogen) atoms. The maximum Gasteiger partial charge on any atom is 0.416 e. The molecule has 2 heterocycles. The lowest BCUT2D eigenvalue weighted by molar-refractivity contribution is -0.137. The number of likely N-dealkylation sites (N-methyl/N-ethyl adjacent to an activating group) is 1. The van der Waals surface area contributed by atoms with Crippen LogP contribution in [0.25, 0.3) is 0 Å². The van der Waals surface area contributed by atoms with Gasteiger partial charge < -0.3 is 14.6 Å². The number of rotatable bonds is 6. The second kappa shape index (κ2) is 10.4. The van der Waals surface area contributed by atoms with Crippen molar-refractivity contribution in [1.29, 1.82) is 5.26 Å². The number of ketones is 1. The Balaban J connectivity index is 1.83. The minimum Gasteiger partial charge on any atom is -0.447 e. The Hall–Kier alpha value is -4.92. The third kappa shape index (κ3) is 5.24. The van der Waals surface area contributed by atoms with Crippen LogP contribution in [0.3, 0.4) is 0 Å². The highest BCUT2D eigenvalue weighted by atomic mass is 19.4. The molecule has 1 N–H and O–H groups in total. The van der Waals surface area contributed by atoms with Crippen molar-refractivity contribution in [3.63, 3.8) is 0 Å². The van der Waals surface area contributed by atoms with Crippen molar-refractivity contribution >= 4 is 23.4 Å². The normalized spacial score (nSPS) is 15.8. The van der Waals surface area contributed by atoms with Crippen LogP contribution in [0.2, 0.25) is 0 Å². The third-order valence-electron chi connectivity index (χ3n) is 6.32. The number of allylic oxidation sites excluding steroid dienone is 1. The summed E-state index contributed by atoms with van der Waals surface area (Å²) in [6.45, 7) is 2.72. The van der Waals surface area contributed by atoms with Gasteiger partial charge in [0, 0.05) is 23.9 Å². The molecule has 0 saturated heterocycles. The number of nitrogens with zero attached hydrogens (tertiary/aromatic N) is 4. The molecule has 0 fully saturated rings. The van der Waals surface area contributed by atoms with Crippen molar-refractivity contribution in [2.45, 2.75) is 32.6 Å². The van der Waals surface area contributed by atoms with Crippen LogP contribution < -0.4 is 10.2 Å². The Labute approximate surface area is 221 Å². The van der Waals surface area contributed by atoms with Gasteiger partial charge in [-0.05, 0) is 49.7 Å². The lowest BCUT2D eigenvalue weighted by Gasteiger charge is -2.41. The van der Waals surface area contributed by atoms with E-state index in [2.05, 4.69) is 10.3 Å². The smallest absolute Gasteiger partial charge is 0.416 e. The fourth-order valence-electron chi connectivity index (χ4n) is 4.51. The fourth-order valence-corrected chi connectivity index (χ4v) is 4.51. The summed E-state index contributed by atoms with van der Waals surface area (Å²) in [5.41, 5.74) is -0.334. The molecule has 200 valence electrons. The predicted molar refractivity (Wildman–Crippen MR) is 132 cm³/mol. The van der Waals surface area contributed by atoms with Crippen molar-refractivity contribution in [2.75, 3.05) is 11.9 Å². The number of hydrogen-bond acceptors (Lipinski definition) is 6. The van der Waals surface area contributed by atoms with Gasteiger partial charge in [0.2, 0.25) is 0 Å². The van der Waals surface area contributed by atoms with Crippen molar-refractivity contribution < 1.29 is 32.0 Å². The van der Waals surface area contributed by atoms with Gasteiger partial charge >= 0.3 is 12.2 Å². The Bertz CT molecular complexity index is 1520. The molecule has 0 spiro atoms. The summed E-state index contributed by atoms with van der Waals surface area (Å²) in [6, 6.07) is 8.70. The molecule has 12 heteroatoms. The number of benzene rings is 2. The Morgan fingerprint density at radius 2 is 1.95 bits per heavy atom. The van der Waals surface area contributed by atoms with Gasteiger partial charge in [0.1, 0.15) is 5.76 Å². The number of anilines is 1. The number of carbonyl (C=O) groups excluding carboxylic acids is 3. The second-order valence-corrected chi connectivity index (χ2v) is 8.80. The molecule has 0 radical (unpaired) electrons. The minimum absolute atomic E-state index is 0.00769. The number of amides is 3. The monoisotopic (exact) mass is 537 g/mol. The van der Waals surface area contributed by atoms with E-state index in [9.17, 15) is 32.8 Å². The average Bonchev–Trinajstić information content (AvgIpc) is 3.42. The Morgan fingerprint density at radius 3 is 2.56 bits per heavy atom. The molecular weight excluding hydrogens is 515 g/mol. The zero-order valence-corrected chi connectivity index (χ0v) is 21.0. The second-order valence-electron chi connectivity index (χ2n) is 8.80. The maximum atomic E-state index is 13.6. The van der Waals surface area contributed by atoms with Gasteiger partial charge in [0.25, 0.3) is 5.91 Å². The first-order valence-corrected chi connectivity index (χ1v) is 11.6. The highest BCUT2D eigenvalue weighted by molar-refractivity contribution is 6.06. The largest absolute Gasteiger partial charge is 0.447 e. The van der Waals surface area contributed by atoms with Crippen LogP contribution in [0.4, 0.5) is 23.7 Å². The summed E-state index contributed by atoms with van der Waals surface area (Å²) in [7, 11) is 1.39. The molecule has 4 rings (SSSR count). The highest BCUT2D eigenvalue weighted by Gasteiger charge is 2.41. The lowest BCUT2D eigenvalue weighted by Crippen LogP contribution is -2.49. The van der Waals surface area contributed by atoms with Gasteiger partial charge in [0.05, 0.1) is 41.7 Å². The zero-order valence-electron chi connectivity index (χ0n) is 21.0. The topological polar surface area (TPSA) is 120 Å². The van der Waals surface area contributed by atoms with Crippen LogP contribution >= 0.6 is 0 Å². The summed E-state index contributed by atoms with van der Waals surface area (Å²) in [5.74, 6) is -0.672. The number of halogens is 3. The molecule has 1 unspecified atom stereocenters. The number of oxazole rings is 1. The number of hydrogen-bond donors (Lipinski definition) is 1. The van der Waals surface area contributed by atoms with E-state index in [1.165, 1.54) is 68.7 Å². The first-order valence-electron chi connectivity index (χ1n) is 11.6. The Kier molecular flexibility index (Phi) is 7.27. The summed E-state index contributed by atoms with van der Waals surface area (Å²) >= 11 is 0. The van der Waals surface area contributed by atoms with Crippen molar-refractivity contribution in [3.05, 3.63) is 94.3 Å². The molecule has 3 aromatic rings. The standard InChI is InChI=1S/C27H22F3N5O4/c1-15-23(16(2)36)24(34(3)26(38)35(15)19-6-4-5-18(10-19)27(28,29)30)21-8-7-17(11-31)9-22(21)25(37)33-13-20-12-32-14-39-20/h4-10,12,14,24H,13H2,1-3H3,(H,33,37).